The van der Waals surface area contributed by atoms with Crippen molar-refractivity contribution >= 4 is 35.0 Å². The van der Waals surface area contributed by atoms with E-state index in [1.54, 1.807) is 23.1 Å². The number of amides is 3. The third-order valence-electron chi connectivity index (χ3n) is 6.74. The van der Waals surface area contributed by atoms with E-state index in [-0.39, 0.29) is 11.8 Å². The molecule has 2 aliphatic rings. The minimum absolute atomic E-state index is 0.0427. The summed E-state index contributed by atoms with van der Waals surface area (Å²) < 4.78 is 0. The Balaban J connectivity index is 1.47. The third-order valence-corrected chi connectivity index (χ3v) is 7.00. The smallest absolute Gasteiger partial charge is 0.250 e. The largest absolute Gasteiger partial charge is 0.368 e. The monoisotopic (exact) mass is 467 g/mol. The molecule has 0 saturated carbocycles. The Hall–Kier alpha value is -3.06. The number of likely N-dealkylation sites (tertiary alicyclic amines) is 1. The molecule has 0 unspecified atom stereocenters. The van der Waals surface area contributed by atoms with Crippen molar-refractivity contribution in [2.24, 2.45) is 5.73 Å². The molecule has 2 fully saturated rings. The molecule has 1 radical (unpaired) electrons. The molecule has 2 N–H and O–H groups in total. The minimum atomic E-state index is -0.794. The molecule has 2 saturated heterocycles. The predicted octanol–water partition coefficient (Wildman–Crippen LogP) is 2.63. The zero-order valence-electron chi connectivity index (χ0n) is 18.6. The SMILES string of the molecule is C[C@H](C(N)=O)N1CN(c2ccccc2)C2(CCN(C(=O)[CH]Cc3ccc(Cl)cc3)CC2)C1=O. The molecule has 0 aromatic heterocycles. The number of hydrogen-bond donors (Lipinski definition) is 1. The van der Waals surface area contributed by atoms with E-state index in [9.17, 15) is 14.4 Å². The number of hydrogen-bond acceptors (Lipinski definition) is 4. The minimum Gasteiger partial charge on any atom is -0.368 e. The maximum absolute atomic E-state index is 13.6. The highest BCUT2D eigenvalue weighted by Crippen LogP contribution is 2.40. The number of rotatable bonds is 6. The molecule has 7 nitrogen and oxygen atoms in total. The van der Waals surface area contributed by atoms with Gasteiger partial charge in [0.15, 0.2) is 0 Å². The van der Waals surface area contributed by atoms with E-state index in [1.165, 1.54) is 0 Å². The average Bonchev–Trinajstić information content (AvgIpc) is 3.10. The van der Waals surface area contributed by atoms with Crippen LogP contribution in [0.4, 0.5) is 5.69 Å². The normalized spacial score (nSPS) is 18.6. The van der Waals surface area contributed by atoms with Gasteiger partial charge in [0.2, 0.25) is 11.8 Å². The van der Waals surface area contributed by atoms with Gasteiger partial charge in [-0.25, -0.2) is 0 Å². The lowest BCUT2D eigenvalue weighted by molar-refractivity contribution is -0.141. The number of nitrogens with zero attached hydrogens (tertiary/aromatic N) is 3. The summed E-state index contributed by atoms with van der Waals surface area (Å²) in [5.41, 5.74) is 6.65. The zero-order valence-corrected chi connectivity index (χ0v) is 19.4. The Morgan fingerprint density at radius 3 is 2.33 bits per heavy atom. The van der Waals surface area contributed by atoms with Crippen LogP contribution in [-0.4, -0.2) is 58.9 Å². The van der Waals surface area contributed by atoms with Gasteiger partial charge in [-0.1, -0.05) is 41.9 Å². The molecule has 8 heteroatoms. The lowest BCUT2D eigenvalue weighted by atomic mass is 9.85. The summed E-state index contributed by atoms with van der Waals surface area (Å²) in [6.45, 7) is 2.88. The quantitative estimate of drug-likeness (QED) is 0.707. The molecule has 1 atom stereocenters. The maximum Gasteiger partial charge on any atom is 0.250 e. The highest BCUT2D eigenvalue weighted by Gasteiger charge is 2.55. The van der Waals surface area contributed by atoms with Crippen molar-refractivity contribution in [3.63, 3.8) is 0 Å². The fourth-order valence-electron chi connectivity index (χ4n) is 4.66. The van der Waals surface area contributed by atoms with Gasteiger partial charge >= 0.3 is 0 Å². The lowest BCUT2D eigenvalue weighted by Crippen LogP contribution is -2.58. The first-order valence-corrected chi connectivity index (χ1v) is 11.5. The van der Waals surface area contributed by atoms with Gasteiger partial charge in [0.25, 0.3) is 5.91 Å². The van der Waals surface area contributed by atoms with Gasteiger partial charge in [-0.3, -0.25) is 14.4 Å². The standard InChI is InChI=1S/C25H28ClN4O3/c1-18(23(27)32)29-17-30(21-5-3-2-4-6-21)25(24(29)33)13-15-28(16-14-25)22(31)12-9-19-7-10-20(26)11-8-19/h2-8,10-12,18H,9,13-17H2,1H3,(H2,27,32)/t18-/m1/s1. The van der Waals surface area contributed by atoms with Crippen molar-refractivity contribution < 1.29 is 14.4 Å². The Bertz CT molecular complexity index is 1020. The van der Waals surface area contributed by atoms with Crippen LogP contribution in [-0.2, 0) is 20.8 Å². The Kier molecular flexibility index (Phi) is 6.61. The second kappa shape index (κ2) is 9.43. The number of halogens is 1. The van der Waals surface area contributed by atoms with Crippen molar-refractivity contribution in [3.05, 3.63) is 71.6 Å². The molecule has 2 aromatic carbocycles. The summed E-state index contributed by atoms with van der Waals surface area (Å²) in [6, 6.07) is 16.4. The maximum atomic E-state index is 13.6. The van der Waals surface area contributed by atoms with Crippen LogP contribution in [0.5, 0.6) is 0 Å². The Morgan fingerprint density at radius 2 is 1.73 bits per heavy atom. The summed E-state index contributed by atoms with van der Waals surface area (Å²) in [7, 11) is 0. The molecular formula is C25H28ClN4O3. The molecular weight excluding hydrogens is 440 g/mol. The van der Waals surface area contributed by atoms with Crippen LogP contribution in [0, 0.1) is 6.42 Å². The summed E-state index contributed by atoms with van der Waals surface area (Å²) in [4.78, 5) is 43.6. The van der Waals surface area contributed by atoms with Crippen LogP contribution in [0.15, 0.2) is 54.6 Å². The number of carbonyl (C=O) groups is 3. The highest BCUT2D eigenvalue weighted by molar-refractivity contribution is 6.30. The van der Waals surface area contributed by atoms with E-state index in [2.05, 4.69) is 4.90 Å². The summed E-state index contributed by atoms with van der Waals surface area (Å²) >= 11 is 5.92. The van der Waals surface area contributed by atoms with E-state index in [4.69, 9.17) is 17.3 Å². The number of nitrogens with two attached hydrogens (primary N) is 1. The molecule has 0 aliphatic carbocycles. The predicted molar refractivity (Wildman–Crippen MR) is 127 cm³/mol. The highest BCUT2D eigenvalue weighted by atomic mass is 35.5. The van der Waals surface area contributed by atoms with Gasteiger partial charge in [0.05, 0.1) is 13.1 Å². The summed E-state index contributed by atoms with van der Waals surface area (Å²) in [5, 5.41) is 0.662. The molecule has 2 aromatic rings. The molecule has 2 aliphatic heterocycles. The number of benzene rings is 2. The van der Waals surface area contributed by atoms with E-state index < -0.39 is 17.5 Å². The van der Waals surface area contributed by atoms with E-state index >= 15 is 0 Å². The van der Waals surface area contributed by atoms with E-state index in [0.717, 1.165) is 11.3 Å². The molecule has 0 bridgehead atoms. The van der Waals surface area contributed by atoms with E-state index in [1.807, 2.05) is 54.6 Å². The van der Waals surface area contributed by atoms with Gasteiger partial charge in [-0.05, 0) is 56.0 Å². The summed E-state index contributed by atoms with van der Waals surface area (Å²) in [6.07, 6.45) is 3.18. The first-order valence-electron chi connectivity index (χ1n) is 11.1. The molecule has 1 spiro atoms. The number of anilines is 1. The molecule has 3 amide bonds. The van der Waals surface area contributed by atoms with Crippen LogP contribution in [0.2, 0.25) is 5.02 Å². The van der Waals surface area contributed by atoms with Crippen molar-refractivity contribution in [2.75, 3.05) is 24.7 Å². The van der Waals surface area contributed by atoms with E-state index in [0.29, 0.717) is 44.0 Å². The Morgan fingerprint density at radius 1 is 1.09 bits per heavy atom. The van der Waals surface area contributed by atoms with Gasteiger partial charge in [-0.15, -0.1) is 0 Å². The van der Waals surface area contributed by atoms with Gasteiger partial charge in [0.1, 0.15) is 11.6 Å². The molecule has 4 rings (SSSR count). The van der Waals surface area contributed by atoms with Crippen molar-refractivity contribution in [1.29, 1.82) is 0 Å². The first-order chi connectivity index (χ1) is 15.8. The second-order valence-electron chi connectivity index (χ2n) is 8.65. The van der Waals surface area contributed by atoms with Gasteiger partial charge < -0.3 is 20.4 Å². The molecule has 173 valence electrons. The third kappa shape index (κ3) is 4.55. The van der Waals surface area contributed by atoms with Crippen molar-refractivity contribution in [3.8, 4) is 0 Å². The molecule has 2 heterocycles. The fourth-order valence-corrected chi connectivity index (χ4v) is 4.78. The van der Waals surface area contributed by atoms with Crippen molar-refractivity contribution in [2.45, 2.75) is 37.8 Å². The fraction of sp³-hybridized carbons (Fsp3) is 0.360. The number of primary amides is 1. The second-order valence-corrected chi connectivity index (χ2v) is 9.09. The van der Waals surface area contributed by atoms with Gasteiger partial charge in [0, 0.05) is 23.8 Å². The zero-order chi connectivity index (χ0) is 23.6. The lowest BCUT2D eigenvalue weighted by Gasteiger charge is -2.43. The first kappa shape index (κ1) is 23.1. The molecule has 33 heavy (non-hydrogen) atoms. The average molecular weight is 468 g/mol. The summed E-state index contributed by atoms with van der Waals surface area (Å²) in [5.74, 6) is -0.674. The van der Waals surface area contributed by atoms with Crippen LogP contribution in [0.1, 0.15) is 25.3 Å². The van der Waals surface area contributed by atoms with Crippen LogP contribution < -0.4 is 10.6 Å². The van der Waals surface area contributed by atoms with Crippen LogP contribution in [0.3, 0.4) is 0 Å². The van der Waals surface area contributed by atoms with Crippen LogP contribution >= 0.6 is 11.6 Å². The number of para-hydroxylation sites is 1. The Labute approximate surface area is 199 Å². The van der Waals surface area contributed by atoms with Gasteiger partial charge in [-0.2, -0.15) is 0 Å². The topological polar surface area (TPSA) is 87.0 Å². The number of carbonyl (C=O) groups excluding carboxylic acids is 3. The van der Waals surface area contributed by atoms with Crippen LogP contribution in [0.25, 0.3) is 0 Å². The van der Waals surface area contributed by atoms with Crippen molar-refractivity contribution in [1.82, 2.24) is 9.80 Å². The number of piperidine rings is 1.